The zero-order valence-electron chi connectivity index (χ0n) is 20.5. The largest absolute Gasteiger partial charge is 0.497 e. The van der Waals surface area contributed by atoms with E-state index in [9.17, 15) is 14.4 Å². The number of carbonyl (C=O) groups excluding carboxylic acids is 3. The molecule has 8 heteroatoms. The second-order valence-corrected chi connectivity index (χ2v) is 9.97. The molecular formula is C29H26FNO5S. The number of hydrogen-bond donors (Lipinski definition) is 0. The highest BCUT2D eigenvalue weighted by Crippen LogP contribution is 2.50. The van der Waals surface area contributed by atoms with Crippen molar-refractivity contribution < 1.29 is 28.2 Å². The molecule has 1 amide bonds. The minimum absolute atomic E-state index is 0.0503. The van der Waals surface area contributed by atoms with E-state index in [1.54, 1.807) is 44.4 Å². The van der Waals surface area contributed by atoms with Gasteiger partial charge in [0.15, 0.2) is 5.78 Å². The predicted molar refractivity (Wildman–Crippen MR) is 138 cm³/mol. The molecule has 1 aromatic heterocycles. The highest BCUT2D eigenvalue weighted by Gasteiger charge is 2.50. The van der Waals surface area contributed by atoms with Gasteiger partial charge in [0.1, 0.15) is 17.5 Å². The van der Waals surface area contributed by atoms with Crippen molar-refractivity contribution in [3.8, 4) is 5.75 Å². The standard InChI is InChI=1S/C29H26FNO5S/c1-3-36-29(34)27-20(24-12-7-13-37-24)15-23-26(28(27)33)19(17-8-6-9-18(14-17)35-2)16-25(32)31(23)22-11-5-4-10-21(22)30/h4-14,19-20,27H,3,15-16H2,1-2H3/t19-,20+,27-/m0/s1. The van der Waals surface area contributed by atoms with Gasteiger partial charge in [0.05, 0.1) is 19.4 Å². The van der Waals surface area contributed by atoms with Gasteiger partial charge in [-0.15, -0.1) is 11.3 Å². The van der Waals surface area contributed by atoms with Crippen molar-refractivity contribution in [1.82, 2.24) is 0 Å². The summed E-state index contributed by atoms with van der Waals surface area (Å²) >= 11 is 1.44. The van der Waals surface area contributed by atoms with Gasteiger partial charge in [0, 0.05) is 34.4 Å². The van der Waals surface area contributed by atoms with Crippen molar-refractivity contribution in [2.45, 2.75) is 31.6 Å². The molecule has 3 atom stereocenters. The lowest BCUT2D eigenvalue weighted by molar-refractivity contribution is -0.152. The number of hydrogen-bond acceptors (Lipinski definition) is 6. The fourth-order valence-corrected chi connectivity index (χ4v) is 6.22. The van der Waals surface area contributed by atoms with E-state index >= 15 is 4.39 Å². The van der Waals surface area contributed by atoms with Crippen molar-refractivity contribution in [3.05, 3.63) is 93.6 Å². The number of anilines is 1. The number of para-hydroxylation sites is 1. The van der Waals surface area contributed by atoms with E-state index in [0.717, 1.165) is 10.4 Å². The minimum atomic E-state index is -1.05. The molecule has 6 nitrogen and oxygen atoms in total. The number of benzene rings is 2. The van der Waals surface area contributed by atoms with Crippen LogP contribution in [0, 0.1) is 11.7 Å². The van der Waals surface area contributed by atoms with Gasteiger partial charge in [0.25, 0.3) is 0 Å². The molecule has 0 bridgehead atoms. The van der Waals surface area contributed by atoms with Crippen LogP contribution in [0.4, 0.5) is 10.1 Å². The highest BCUT2D eigenvalue weighted by atomic mass is 32.1. The minimum Gasteiger partial charge on any atom is -0.497 e. The first-order chi connectivity index (χ1) is 17.9. The summed E-state index contributed by atoms with van der Waals surface area (Å²) in [5.74, 6) is -3.45. The van der Waals surface area contributed by atoms with Gasteiger partial charge in [-0.05, 0) is 54.6 Å². The van der Waals surface area contributed by atoms with Crippen LogP contribution in [0.3, 0.4) is 0 Å². The number of Topliss-reactive ketones (excluding diaryl/α,β-unsaturated/α-hetero) is 1. The average Bonchev–Trinajstić information content (AvgIpc) is 3.44. The van der Waals surface area contributed by atoms with E-state index in [1.165, 1.54) is 28.4 Å². The lowest BCUT2D eigenvalue weighted by Crippen LogP contribution is -2.46. The first-order valence-corrected chi connectivity index (χ1v) is 13.0. The summed E-state index contributed by atoms with van der Waals surface area (Å²) in [7, 11) is 1.55. The highest BCUT2D eigenvalue weighted by molar-refractivity contribution is 7.10. The molecule has 0 N–H and O–H groups in total. The second kappa shape index (κ2) is 10.3. The molecule has 3 aromatic rings. The number of thiophene rings is 1. The fraction of sp³-hybridized carbons (Fsp3) is 0.276. The molecular weight excluding hydrogens is 493 g/mol. The van der Waals surface area contributed by atoms with Crippen molar-refractivity contribution in [2.24, 2.45) is 5.92 Å². The van der Waals surface area contributed by atoms with Gasteiger partial charge in [-0.25, -0.2) is 4.39 Å². The van der Waals surface area contributed by atoms with Gasteiger partial charge < -0.3 is 9.47 Å². The number of ketones is 1. The van der Waals surface area contributed by atoms with Gasteiger partial charge in [0.2, 0.25) is 5.91 Å². The van der Waals surface area contributed by atoms with Gasteiger partial charge in [-0.2, -0.15) is 0 Å². The van der Waals surface area contributed by atoms with Crippen LogP contribution in [0.5, 0.6) is 5.75 Å². The molecule has 0 fully saturated rings. The number of ether oxygens (including phenoxy) is 2. The van der Waals surface area contributed by atoms with E-state index < -0.39 is 29.5 Å². The van der Waals surface area contributed by atoms with Gasteiger partial charge in [-0.1, -0.05) is 30.3 Å². The zero-order valence-corrected chi connectivity index (χ0v) is 21.3. The first kappa shape index (κ1) is 24.9. The number of nitrogens with zero attached hydrogens (tertiary/aromatic N) is 1. The lowest BCUT2D eigenvalue weighted by atomic mass is 9.69. The Hall–Kier alpha value is -3.78. The third kappa shape index (κ3) is 4.46. The molecule has 0 saturated carbocycles. The second-order valence-electron chi connectivity index (χ2n) is 8.99. The summed E-state index contributed by atoms with van der Waals surface area (Å²) in [5, 5.41) is 1.88. The van der Waals surface area contributed by atoms with Crippen molar-refractivity contribution in [3.63, 3.8) is 0 Å². The van der Waals surface area contributed by atoms with Crippen molar-refractivity contribution in [1.29, 1.82) is 0 Å². The number of methoxy groups -OCH3 is 1. The molecule has 5 rings (SSSR count). The summed E-state index contributed by atoms with van der Waals surface area (Å²) < 4.78 is 25.7. The van der Waals surface area contributed by atoms with Crippen LogP contribution in [0.15, 0.2) is 77.3 Å². The maximum atomic E-state index is 15.0. The number of amides is 1. The normalized spacial score (nSPS) is 21.6. The third-order valence-corrected chi connectivity index (χ3v) is 7.96. The van der Waals surface area contributed by atoms with E-state index in [-0.39, 0.29) is 36.8 Å². The zero-order chi connectivity index (χ0) is 26.1. The molecule has 0 saturated heterocycles. The Bertz CT molecular complexity index is 1380. The maximum absolute atomic E-state index is 15.0. The van der Waals surface area contributed by atoms with Crippen LogP contribution in [-0.2, 0) is 19.1 Å². The molecule has 2 aromatic carbocycles. The van der Waals surface area contributed by atoms with Crippen LogP contribution < -0.4 is 9.64 Å². The Kier molecular flexibility index (Phi) is 6.93. The average molecular weight is 520 g/mol. The Labute approximate surface area is 218 Å². The fourth-order valence-electron chi connectivity index (χ4n) is 5.36. The Morgan fingerprint density at radius 2 is 1.89 bits per heavy atom. The number of rotatable bonds is 6. The monoisotopic (exact) mass is 519 g/mol. The molecule has 0 spiro atoms. The number of allylic oxidation sites excluding steroid dienone is 2. The smallest absolute Gasteiger partial charge is 0.317 e. The summed E-state index contributed by atoms with van der Waals surface area (Å²) in [5.41, 5.74) is 1.59. The summed E-state index contributed by atoms with van der Waals surface area (Å²) in [6, 6.07) is 17.0. The SMILES string of the molecule is CCOC(=O)[C@@H]1C(=O)C2=C(C[C@@H]1c1cccs1)N(c1ccccc1F)C(=O)C[C@H]2c1cccc(OC)c1. The number of esters is 1. The third-order valence-electron chi connectivity index (χ3n) is 6.96. The number of carbonyl (C=O) groups is 3. The molecule has 37 heavy (non-hydrogen) atoms. The molecule has 190 valence electrons. The van der Waals surface area contributed by atoms with Crippen LogP contribution in [0.1, 0.15) is 42.0 Å². The molecule has 2 aliphatic rings. The predicted octanol–water partition coefficient (Wildman–Crippen LogP) is 5.61. The van der Waals surface area contributed by atoms with E-state index in [2.05, 4.69) is 0 Å². The molecule has 1 aliphatic carbocycles. The van der Waals surface area contributed by atoms with Crippen LogP contribution in [-0.4, -0.2) is 31.4 Å². The summed E-state index contributed by atoms with van der Waals surface area (Å²) in [4.78, 5) is 43.3. The molecule has 0 unspecified atom stereocenters. The van der Waals surface area contributed by atoms with Crippen LogP contribution in [0.2, 0.25) is 0 Å². The molecule has 2 heterocycles. The van der Waals surface area contributed by atoms with Crippen LogP contribution in [0.25, 0.3) is 0 Å². The first-order valence-electron chi connectivity index (χ1n) is 12.1. The van der Waals surface area contributed by atoms with Crippen molar-refractivity contribution >= 4 is 34.7 Å². The van der Waals surface area contributed by atoms with Crippen LogP contribution >= 0.6 is 11.3 Å². The lowest BCUT2D eigenvalue weighted by Gasteiger charge is -2.42. The van der Waals surface area contributed by atoms with Gasteiger partial charge >= 0.3 is 5.97 Å². The molecule has 0 radical (unpaired) electrons. The Balaban J connectivity index is 1.73. The van der Waals surface area contributed by atoms with E-state index in [1.807, 2.05) is 23.6 Å². The Morgan fingerprint density at radius 1 is 1.08 bits per heavy atom. The van der Waals surface area contributed by atoms with E-state index in [4.69, 9.17) is 9.47 Å². The number of halogens is 1. The van der Waals surface area contributed by atoms with Gasteiger partial charge in [-0.3, -0.25) is 19.3 Å². The summed E-state index contributed by atoms with van der Waals surface area (Å²) in [6.45, 7) is 1.85. The molecule has 1 aliphatic heterocycles. The quantitative estimate of drug-likeness (QED) is 0.313. The van der Waals surface area contributed by atoms with Crippen molar-refractivity contribution in [2.75, 3.05) is 18.6 Å². The topological polar surface area (TPSA) is 72.9 Å². The van der Waals surface area contributed by atoms with E-state index in [0.29, 0.717) is 17.0 Å². The Morgan fingerprint density at radius 3 is 2.59 bits per heavy atom. The maximum Gasteiger partial charge on any atom is 0.317 e. The summed E-state index contributed by atoms with van der Waals surface area (Å²) in [6.07, 6.45) is 0.164.